The van der Waals surface area contributed by atoms with Crippen LogP contribution in [0.4, 0.5) is 0 Å². The second-order valence-corrected chi connectivity index (χ2v) is 6.48. The molecule has 0 aliphatic heterocycles. The monoisotopic (exact) mass is 380 g/mol. The van der Waals surface area contributed by atoms with Crippen LogP contribution in [-0.4, -0.2) is 23.7 Å². The van der Waals surface area contributed by atoms with Crippen molar-refractivity contribution in [3.05, 3.63) is 77.5 Å². The molecule has 3 aromatic rings. The van der Waals surface area contributed by atoms with Crippen LogP contribution in [0, 0.1) is 0 Å². The molecule has 0 unspecified atom stereocenters. The number of H-pyrrole nitrogens is 1. The molecule has 27 heavy (non-hydrogen) atoms. The zero-order valence-corrected chi connectivity index (χ0v) is 15.6. The lowest BCUT2D eigenvalue weighted by atomic mass is 10.1. The summed E-state index contributed by atoms with van der Waals surface area (Å²) in [7, 11) is 0. The molecule has 0 aliphatic carbocycles. The molecule has 1 amide bonds. The predicted octanol–water partition coefficient (Wildman–Crippen LogP) is 4.31. The van der Waals surface area contributed by atoms with Gasteiger partial charge in [-0.15, -0.1) is 0 Å². The van der Waals surface area contributed by atoms with Crippen molar-refractivity contribution in [2.75, 3.05) is 6.54 Å². The van der Waals surface area contributed by atoms with Crippen LogP contribution in [0.3, 0.4) is 0 Å². The van der Waals surface area contributed by atoms with Crippen LogP contribution in [0.25, 0.3) is 16.6 Å². The Balaban J connectivity index is 1.40. The molecule has 0 radical (unpaired) electrons. The van der Waals surface area contributed by atoms with Gasteiger partial charge in [-0.1, -0.05) is 54.6 Å². The number of nitrogens with one attached hydrogen (secondary N) is 3. The van der Waals surface area contributed by atoms with Crippen molar-refractivity contribution in [1.29, 1.82) is 0 Å². The van der Waals surface area contributed by atoms with Gasteiger partial charge < -0.3 is 10.3 Å². The van der Waals surface area contributed by atoms with Crippen molar-refractivity contribution in [3.63, 3.8) is 0 Å². The third-order valence-electron chi connectivity index (χ3n) is 4.13. The summed E-state index contributed by atoms with van der Waals surface area (Å²) >= 11 is 6.14. The van der Waals surface area contributed by atoms with Crippen LogP contribution in [0.2, 0.25) is 5.02 Å². The topological polar surface area (TPSA) is 69.3 Å². The minimum Gasteiger partial charge on any atom is -0.385 e. The van der Waals surface area contributed by atoms with Gasteiger partial charge in [0.1, 0.15) is 0 Å². The fourth-order valence-corrected chi connectivity index (χ4v) is 2.97. The first kappa shape index (κ1) is 18.7. The molecule has 3 rings (SSSR count). The summed E-state index contributed by atoms with van der Waals surface area (Å²) in [6, 6.07) is 15.5. The Morgan fingerprint density at radius 3 is 2.81 bits per heavy atom. The fraction of sp³-hybridized carbons (Fsp3) is 0.143. The molecule has 0 spiro atoms. The summed E-state index contributed by atoms with van der Waals surface area (Å²) in [5.41, 5.74) is 6.15. The highest BCUT2D eigenvalue weighted by Gasteiger charge is 2.04. The largest absolute Gasteiger partial charge is 0.385 e. The van der Waals surface area contributed by atoms with Gasteiger partial charge in [0.2, 0.25) is 5.91 Å². The van der Waals surface area contributed by atoms with E-state index in [-0.39, 0.29) is 5.91 Å². The first-order valence-corrected chi connectivity index (χ1v) is 9.08. The Labute approximate surface area is 163 Å². The number of benzene rings is 2. The molecule has 6 heteroatoms. The maximum absolute atomic E-state index is 11.9. The van der Waals surface area contributed by atoms with Crippen molar-refractivity contribution in [1.82, 2.24) is 15.7 Å². The summed E-state index contributed by atoms with van der Waals surface area (Å²) in [5, 5.41) is 8.95. The van der Waals surface area contributed by atoms with Crippen LogP contribution in [0.1, 0.15) is 24.0 Å². The van der Waals surface area contributed by atoms with Gasteiger partial charge in [0.25, 0.3) is 0 Å². The number of hydrogen-bond donors (Lipinski definition) is 3. The van der Waals surface area contributed by atoms with E-state index in [0.29, 0.717) is 24.4 Å². The zero-order chi connectivity index (χ0) is 19.1. The average Bonchev–Trinajstić information content (AvgIpc) is 3.09. The number of amides is 1. The second kappa shape index (κ2) is 9.05. The number of hydrazone groups is 1. The van der Waals surface area contributed by atoms with Gasteiger partial charge in [-0.05, 0) is 18.6 Å². The minimum atomic E-state index is -0.128. The Hall–Kier alpha value is -3.05. The van der Waals surface area contributed by atoms with E-state index in [0.717, 1.165) is 27.7 Å². The van der Waals surface area contributed by atoms with Gasteiger partial charge in [-0.3, -0.25) is 4.79 Å². The summed E-state index contributed by atoms with van der Waals surface area (Å²) in [6.45, 7) is 4.61. The molecule has 0 saturated carbocycles. The molecule has 1 aromatic heterocycles. The van der Waals surface area contributed by atoms with E-state index < -0.39 is 0 Å². The zero-order valence-electron chi connectivity index (χ0n) is 14.8. The highest BCUT2D eigenvalue weighted by Crippen LogP contribution is 2.20. The molecule has 5 nitrogen and oxygen atoms in total. The molecular formula is C21H21ClN4O. The third-order valence-corrected chi connectivity index (χ3v) is 4.46. The van der Waals surface area contributed by atoms with E-state index >= 15 is 0 Å². The smallest absolute Gasteiger partial charge is 0.240 e. The van der Waals surface area contributed by atoms with E-state index in [4.69, 9.17) is 11.6 Å². The molecule has 1 heterocycles. The maximum Gasteiger partial charge on any atom is 0.240 e. The fourth-order valence-electron chi connectivity index (χ4n) is 2.72. The Morgan fingerprint density at radius 2 is 1.96 bits per heavy atom. The van der Waals surface area contributed by atoms with Crippen molar-refractivity contribution >= 4 is 40.3 Å². The number of carbonyl (C=O) groups excluding carboxylic acids is 1. The Morgan fingerprint density at radius 1 is 1.19 bits per heavy atom. The van der Waals surface area contributed by atoms with Gasteiger partial charge in [0, 0.05) is 51.9 Å². The van der Waals surface area contributed by atoms with Crippen LogP contribution < -0.4 is 10.7 Å². The maximum atomic E-state index is 11.9. The lowest BCUT2D eigenvalue weighted by Crippen LogP contribution is -2.20. The molecule has 0 atom stereocenters. The third kappa shape index (κ3) is 4.99. The van der Waals surface area contributed by atoms with E-state index in [2.05, 4.69) is 27.4 Å². The van der Waals surface area contributed by atoms with Gasteiger partial charge in [-0.25, -0.2) is 5.43 Å². The summed E-state index contributed by atoms with van der Waals surface area (Å²) in [5.74, 6) is -0.128. The first-order valence-electron chi connectivity index (χ1n) is 8.71. The van der Waals surface area contributed by atoms with Gasteiger partial charge in [0.05, 0.1) is 6.21 Å². The number of carbonyl (C=O) groups is 1. The molecule has 0 aliphatic rings. The molecule has 3 N–H and O–H groups in total. The lowest BCUT2D eigenvalue weighted by molar-refractivity contribution is -0.121. The standard InChI is InChI=1S/C21H21ClN4O/c1-15(17-7-2-4-9-19(17)22)23-12-6-11-21(27)26-25-14-16-13-24-20-10-5-3-8-18(16)20/h2-5,7-10,13-14,23-24H,1,6,11-12H2,(H,26,27). The number of nitrogens with zero attached hydrogens (tertiary/aromatic N) is 1. The Bertz CT molecular complexity index is 977. The van der Waals surface area contributed by atoms with E-state index in [1.807, 2.05) is 54.7 Å². The van der Waals surface area contributed by atoms with Crippen LogP contribution in [0.5, 0.6) is 0 Å². The number of para-hydroxylation sites is 1. The van der Waals surface area contributed by atoms with Crippen molar-refractivity contribution in [2.24, 2.45) is 5.10 Å². The van der Waals surface area contributed by atoms with E-state index in [1.54, 1.807) is 6.21 Å². The van der Waals surface area contributed by atoms with Crippen molar-refractivity contribution in [2.45, 2.75) is 12.8 Å². The van der Waals surface area contributed by atoms with Gasteiger partial charge in [0.15, 0.2) is 0 Å². The summed E-state index contributed by atoms with van der Waals surface area (Å²) in [6.07, 6.45) is 4.55. The van der Waals surface area contributed by atoms with E-state index in [1.165, 1.54) is 0 Å². The van der Waals surface area contributed by atoms with Gasteiger partial charge >= 0.3 is 0 Å². The highest BCUT2D eigenvalue weighted by molar-refractivity contribution is 6.32. The Kier molecular flexibility index (Phi) is 6.28. The van der Waals surface area contributed by atoms with Crippen molar-refractivity contribution in [3.8, 4) is 0 Å². The minimum absolute atomic E-state index is 0.128. The average molecular weight is 381 g/mol. The highest BCUT2D eigenvalue weighted by atomic mass is 35.5. The number of rotatable bonds is 8. The quantitative estimate of drug-likeness (QED) is 0.309. The SMILES string of the molecule is C=C(NCCCC(=O)NN=Cc1c[nH]c2ccccc12)c1ccccc1Cl. The normalized spacial score (nSPS) is 11.0. The molecule has 2 aromatic carbocycles. The molecule has 0 bridgehead atoms. The number of aromatic nitrogens is 1. The number of hydrogen-bond acceptors (Lipinski definition) is 3. The summed E-state index contributed by atoms with van der Waals surface area (Å²) in [4.78, 5) is 15.1. The van der Waals surface area contributed by atoms with Crippen molar-refractivity contribution < 1.29 is 4.79 Å². The van der Waals surface area contributed by atoms with Crippen LogP contribution in [-0.2, 0) is 4.79 Å². The predicted molar refractivity (Wildman–Crippen MR) is 112 cm³/mol. The molecular weight excluding hydrogens is 360 g/mol. The number of fused-ring (bicyclic) bond motifs is 1. The molecule has 0 saturated heterocycles. The van der Waals surface area contributed by atoms with Crippen LogP contribution >= 0.6 is 11.6 Å². The van der Waals surface area contributed by atoms with E-state index in [9.17, 15) is 4.79 Å². The number of halogens is 1. The number of aromatic amines is 1. The summed E-state index contributed by atoms with van der Waals surface area (Å²) < 4.78 is 0. The first-order chi connectivity index (χ1) is 13.1. The molecule has 138 valence electrons. The second-order valence-electron chi connectivity index (χ2n) is 6.07. The molecule has 0 fully saturated rings. The lowest BCUT2D eigenvalue weighted by Gasteiger charge is -2.10. The van der Waals surface area contributed by atoms with Gasteiger partial charge in [-0.2, -0.15) is 5.10 Å². The van der Waals surface area contributed by atoms with Crippen LogP contribution in [0.15, 0.2) is 66.4 Å².